The fraction of sp³-hybridized carbons (Fsp3) is 0.250. The third-order valence-electron chi connectivity index (χ3n) is 1.17. The quantitative estimate of drug-likeness (QED) is 0.687. The highest BCUT2D eigenvalue weighted by atomic mass is 19.3. The van der Waals surface area contributed by atoms with E-state index in [-0.39, 0.29) is 5.75 Å². The zero-order valence-electron chi connectivity index (χ0n) is 6.14. The third-order valence-corrected chi connectivity index (χ3v) is 1.17. The van der Waals surface area contributed by atoms with E-state index < -0.39 is 12.8 Å². The average Bonchev–Trinajstić information content (AvgIpc) is 2.06. The van der Waals surface area contributed by atoms with Crippen molar-refractivity contribution in [3.8, 4) is 5.75 Å². The van der Waals surface area contributed by atoms with Gasteiger partial charge in [-0.15, -0.1) is 0 Å². The molecule has 0 fully saturated rings. The SMILES string of the molecule is FCC(F)(F)Oc1ccccc1. The topological polar surface area (TPSA) is 9.23 Å². The maximum Gasteiger partial charge on any atom is 0.427 e. The summed E-state index contributed by atoms with van der Waals surface area (Å²) < 4.78 is 40.1. The summed E-state index contributed by atoms with van der Waals surface area (Å²) >= 11 is 0. The van der Waals surface area contributed by atoms with E-state index in [1.807, 2.05) is 0 Å². The first-order valence-electron chi connectivity index (χ1n) is 3.32. The Kier molecular flexibility index (Phi) is 2.58. The van der Waals surface area contributed by atoms with Crippen molar-refractivity contribution < 1.29 is 17.9 Å². The van der Waals surface area contributed by atoms with Crippen molar-refractivity contribution in [1.82, 2.24) is 0 Å². The highest BCUT2D eigenvalue weighted by Crippen LogP contribution is 2.20. The van der Waals surface area contributed by atoms with Gasteiger partial charge in [-0.3, -0.25) is 0 Å². The molecule has 4 heteroatoms. The van der Waals surface area contributed by atoms with Crippen molar-refractivity contribution in [2.45, 2.75) is 6.11 Å². The second-order valence-corrected chi connectivity index (χ2v) is 2.19. The van der Waals surface area contributed by atoms with Crippen molar-refractivity contribution in [2.75, 3.05) is 6.67 Å². The van der Waals surface area contributed by atoms with E-state index in [2.05, 4.69) is 4.74 Å². The van der Waals surface area contributed by atoms with Gasteiger partial charge in [0.05, 0.1) is 0 Å². The van der Waals surface area contributed by atoms with E-state index in [0.717, 1.165) is 0 Å². The van der Waals surface area contributed by atoms with Crippen molar-refractivity contribution >= 4 is 0 Å². The lowest BCUT2D eigenvalue weighted by Crippen LogP contribution is -2.26. The standard InChI is InChI=1S/C8H7F3O/c9-6-8(10,11)12-7-4-2-1-3-5-7/h1-5H,6H2. The van der Waals surface area contributed by atoms with E-state index in [1.54, 1.807) is 6.07 Å². The zero-order valence-corrected chi connectivity index (χ0v) is 6.14. The fourth-order valence-corrected chi connectivity index (χ4v) is 0.688. The molecule has 0 N–H and O–H groups in total. The number of para-hydroxylation sites is 1. The summed E-state index contributed by atoms with van der Waals surface area (Å²) in [6, 6.07) is 7.39. The van der Waals surface area contributed by atoms with Gasteiger partial charge in [-0.1, -0.05) is 18.2 Å². The number of alkyl halides is 3. The second-order valence-electron chi connectivity index (χ2n) is 2.19. The highest BCUT2D eigenvalue weighted by molar-refractivity contribution is 5.21. The molecule has 0 atom stereocenters. The maximum atomic E-state index is 12.2. The van der Waals surface area contributed by atoms with E-state index in [9.17, 15) is 13.2 Å². The lowest BCUT2D eigenvalue weighted by molar-refractivity contribution is -0.186. The molecular weight excluding hydrogens is 169 g/mol. The molecule has 0 unspecified atom stereocenters. The molecule has 1 aromatic rings. The summed E-state index contributed by atoms with van der Waals surface area (Å²) in [5.74, 6) is -0.0415. The molecule has 1 nitrogen and oxygen atoms in total. The predicted molar refractivity (Wildman–Crippen MR) is 38.0 cm³/mol. The minimum Gasteiger partial charge on any atom is -0.431 e. The van der Waals surface area contributed by atoms with Crippen LogP contribution in [0.1, 0.15) is 0 Å². The molecule has 0 spiro atoms. The van der Waals surface area contributed by atoms with Crippen LogP contribution >= 0.6 is 0 Å². The molecule has 0 aliphatic rings. The fourth-order valence-electron chi connectivity index (χ4n) is 0.688. The second kappa shape index (κ2) is 3.47. The van der Waals surface area contributed by atoms with Crippen molar-refractivity contribution in [3.05, 3.63) is 30.3 Å². The molecule has 1 aromatic carbocycles. The molecule has 0 bridgehead atoms. The van der Waals surface area contributed by atoms with Crippen molar-refractivity contribution in [3.63, 3.8) is 0 Å². The summed E-state index contributed by atoms with van der Waals surface area (Å²) in [5, 5.41) is 0. The normalized spacial score (nSPS) is 11.2. The van der Waals surface area contributed by atoms with Crippen LogP contribution in [0.3, 0.4) is 0 Å². The Balaban J connectivity index is 2.64. The molecule has 0 aromatic heterocycles. The van der Waals surface area contributed by atoms with Crippen LogP contribution in [0, 0.1) is 0 Å². The van der Waals surface area contributed by atoms with Crippen LogP contribution in [-0.4, -0.2) is 12.8 Å². The Morgan fingerprint density at radius 2 is 1.75 bits per heavy atom. The lowest BCUT2D eigenvalue weighted by Gasteiger charge is -2.13. The van der Waals surface area contributed by atoms with E-state index in [1.165, 1.54) is 24.3 Å². The summed E-state index contributed by atoms with van der Waals surface area (Å²) in [4.78, 5) is 0. The Labute approximate surface area is 67.8 Å². The van der Waals surface area contributed by atoms with Gasteiger partial charge in [-0.25, -0.2) is 4.39 Å². The highest BCUT2D eigenvalue weighted by Gasteiger charge is 2.31. The van der Waals surface area contributed by atoms with Crippen LogP contribution in [0.4, 0.5) is 13.2 Å². The zero-order chi connectivity index (χ0) is 9.03. The first-order valence-corrected chi connectivity index (χ1v) is 3.32. The van der Waals surface area contributed by atoms with Crippen LogP contribution in [0.5, 0.6) is 5.75 Å². The third kappa shape index (κ3) is 2.45. The minimum absolute atomic E-state index is 0.0415. The Bertz CT molecular complexity index is 235. The minimum atomic E-state index is -3.72. The molecule has 0 aliphatic heterocycles. The molecule has 0 aliphatic carbocycles. The monoisotopic (exact) mass is 176 g/mol. The van der Waals surface area contributed by atoms with Gasteiger partial charge in [-0.2, -0.15) is 8.78 Å². The smallest absolute Gasteiger partial charge is 0.427 e. The van der Waals surface area contributed by atoms with Gasteiger partial charge >= 0.3 is 6.11 Å². The Morgan fingerprint density at radius 3 is 2.25 bits per heavy atom. The lowest BCUT2D eigenvalue weighted by atomic mass is 10.3. The molecule has 0 amide bonds. The van der Waals surface area contributed by atoms with E-state index in [0.29, 0.717) is 0 Å². The molecule has 0 radical (unpaired) electrons. The van der Waals surface area contributed by atoms with Crippen LogP contribution in [-0.2, 0) is 0 Å². The van der Waals surface area contributed by atoms with E-state index in [4.69, 9.17) is 0 Å². The van der Waals surface area contributed by atoms with Gasteiger partial charge in [0.15, 0.2) is 6.67 Å². The predicted octanol–water partition coefficient (Wildman–Crippen LogP) is 2.63. The average molecular weight is 176 g/mol. The van der Waals surface area contributed by atoms with Crippen LogP contribution in [0.15, 0.2) is 30.3 Å². The van der Waals surface area contributed by atoms with Crippen molar-refractivity contribution in [1.29, 1.82) is 0 Å². The number of hydrogen-bond donors (Lipinski definition) is 0. The van der Waals surface area contributed by atoms with Crippen LogP contribution in [0.2, 0.25) is 0 Å². The van der Waals surface area contributed by atoms with Gasteiger partial charge in [0, 0.05) is 0 Å². The Morgan fingerprint density at radius 1 is 1.17 bits per heavy atom. The van der Waals surface area contributed by atoms with Gasteiger partial charge in [0.1, 0.15) is 5.75 Å². The molecule has 0 saturated carbocycles. The molecular formula is C8H7F3O. The summed E-state index contributed by atoms with van der Waals surface area (Å²) in [6.07, 6.45) is -3.72. The first kappa shape index (κ1) is 8.90. The van der Waals surface area contributed by atoms with E-state index >= 15 is 0 Å². The summed E-state index contributed by atoms with van der Waals surface area (Å²) in [7, 11) is 0. The number of rotatable bonds is 3. The molecule has 66 valence electrons. The van der Waals surface area contributed by atoms with Gasteiger partial charge in [0.2, 0.25) is 0 Å². The van der Waals surface area contributed by atoms with Gasteiger partial charge in [0.25, 0.3) is 0 Å². The van der Waals surface area contributed by atoms with Crippen LogP contribution < -0.4 is 4.74 Å². The molecule has 12 heavy (non-hydrogen) atoms. The largest absolute Gasteiger partial charge is 0.431 e. The summed E-state index contributed by atoms with van der Waals surface area (Å²) in [5.41, 5.74) is 0. The number of benzene rings is 1. The molecule has 1 rings (SSSR count). The molecule has 0 saturated heterocycles. The number of ether oxygens (including phenoxy) is 1. The van der Waals surface area contributed by atoms with Gasteiger partial charge < -0.3 is 4.74 Å². The number of halogens is 3. The number of hydrogen-bond acceptors (Lipinski definition) is 1. The molecule has 0 heterocycles. The van der Waals surface area contributed by atoms with Crippen LogP contribution in [0.25, 0.3) is 0 Å². The van der Waals surface area contributed by atoms with Gasteiger partial charge in [-0.05, 0) is 12.1 Å². The maximum absolute atomic E-state index is 12.2. The Hall–Kier alpha value is -1.19. The van der Waals surface area contributed by atoms with Crippen molar-refractivity contribution in [2.24, 2.45) is 0 Å². The first-order chi connectivity index (χ1) is 5.64. The summed E-state index contributed by atoms with van der Waals surface area (Å²) in [6.45, 7) is -1.82.